The van der Waals surface area contributed by atoms with Crippen molar-refractivity contribution in [2.45, 2.75) is 76.4 Å². The lowest BCUT2D eigenvalue weighted by atomic mass is 9.85. The van der Waals surface area contributed by atoms with Crippen LogP contribution >= 0.6 is 0 Å². The van der Waals surface area contributed by atoms with E-state index in [1.54, 1.807) is 10.9 Å². The molecule has 3 aliphatic rings. The maximum atomic E-state index is 12.9. The highest BCUT2D eigenvalue weighted by atomic mass is 16.4. The summed E-state index contributed by atoms with van der Waals surface area (Å²) in [5.74, 6) is 2.23. The second kappa shape index (κ2) is 7.66. The number of hydrogen-bond donors (Lipinski definition) is 1. The molecule has 1 atom stereocenters. The Morgan fingerprint density at radius 2 is 2.18 bits per heavy atom. The number of oxazole rings is 1. The number of carbonyl (C=O) groups is 1. The van der Waals surface area contributed by atoms with Crippen LogP contribution in [0.25, 0.3) is 0 Å². The highest BCUT2D eigenvalue weighted by Gasteiger charge is 2.31. The standard InChI is InChI=1S/C20H28N6O2/c27-20(17-13-26(24-23-17)11-7-15-6-1-2-9-21-15)25-10-8-18-16(12-25)22-19(28-18)14-4-3-5-14/h13-15,21H,1-12H2. The van der Waals surface area contributed by atoms with Gasteiger partial charge in [0.1, 0.15) is 11.5 Å². The van der Waals surface area contributed by atoms with Crippen molar-refractivity contribution in [1.82, 2.24) is 30.2 Å². The van der Waals surface area contributed by atoms with Crippen LogP contribution in [0.4, 0.5) is 0 Å². The summed E-state index contributed by atoms with van der Waals surface area (Å²) in [6.45, 7) is 3.04. The van der Waals surface area contributed by atoms with Gasteiger partial charge in [0, 0.05) is 31.5 Å². The molecular formula is C20H28N6O2. The molecule has 1 N–H and O–H groups in total. The molecule has 2 aromatic rings. The predicted molar refractivity (Wildman–Crippen MR) is 102 cm³/mol. The summed E-state index contributed by atoms with van der Waals surface area (Å²) >= 11 is 0. The molecule has 5 rings (SSSR count). The number of nitrogens with one attached hydrogen (secondary N) is 1. The van der Waals surface area contributed by atoms with Crippen molar-refractivity contribution in [2.75, 3.05) is 13.1 Å². The number of rotatable bonds is 5. The molecule has 0 aromatic carbocycles. The second-order valence-electron chi connectivity index (χ2n) is 8.33. The molecule has 4 heterocycles. The third-order valence-electron chi connectivity index (χ3n) is 6.36. The quantitative estimate of drug-likeness (QED) is 0.851. The van der Waals surface area contributed by atoms with E-state index in [0.717, 1.165) is 43.3 Å². The zero-order valence-corrected chi connectivity index (χ0v) is 16.3. The molecule has 1 aliphatic carbocycles. The average Bonchev–Trinajstić information content (AvgIpc) is 3.31. The van der Waals surface area contributed by atoms with Crippen LogP contribution in [0.2, 0.25) is 0 Å². The van der Waals surface area contributed by atoms with Gasteiger partial charge in [-0.3, -0.25) is 9.48 Å². The van der Waals surface area contributed by atoms with E-state index >= 15 is 0 Å². The Morgan fingerprint density at radius 3 is 2.96 bits per heavy atom. The Kier molecular flexibility index (Phi) is 4.88. The van der Waals surface area contributed by atoms with E-state index in [1.807, 2.05) is 4.90 Å². The molecular weight excluding hydrogens is 356 g/mol. The van der Waals surface area contributed by atoms with Gasteiger partial charge >= 0.3 is 0 Å². The molecule has 1 amide bonds. The van der Waals surface area contributed by atoms with E-state index in [4.69, 9.17) is 4.42 Å². The molecule has 1 saturated carbocycles. The SMILES string of the molecule is O=C(c1cn(CCC2CCCCN2)nn1)N1CCc2oc(C3CCC3)nc2C1. The number of aromatic nitrogens is 4. The minimum absolute atomic E-state index is 0.0686. The first-order valence-corrected chi connectivity index (χ1v) is 10.7. The number of nitrogens with zero attached hydrogens (tertiary/aromatic N) is 5. The van der Waals surface area contributed by atoms with Gasteiger partial charge in [-0.25, -0.2) is 4.98 Å². The van der Waals surface area contributed by atoms with Crippen LogP contribution in [0.15, 0.2) is 10.6 Å². The smallest absolute Gasteiger partial charge is 0.276 e. The fourth-order valence-electron chi connectivity index (χ4n) is 4.35. The van der Waals surface area contributed by atoms with Crippen molar-refractivity contribution in [3.8, 4) is 0 Å². The predicted octanol–water partition coefficient (Wildman–Crippen LogP) is 2.26. The largest absolute Gasteiger partial charge is 0.445 e. The van der Waals surface area contributed by atoms with E-state index in [9.17, 15) is 4.79 Å². The third-order valence-corrected chi connectivity index (χ3v) is 6.36. The molecule has 0 radical (unpaired) electrons. The van der Waals surface area contributed by atoms with Gasteiger partial charge in [-0.2, -0.15) is 0 Å². The first kappa shape index (κ1) is 17.8. The molecule has 0 bridgehead atoms. The van der Waals surface area contributed by atoms with Crippen LogP contribution in [0.5, 0.6) is 0 Å². The van der Waals surface area contributed by atoms with Crippen molar-refractivity contribution < 1.29 is 9.21 Å². The average molecular weight is 384 g/mol. The van der Waals surface area contributed by atoms with Crippen molar-refractivity contribution in [2.24, 2.45) is 0 Å². The first-order chi connectivity index (χ1) is 13.8. The number of amides is 1. The Morgan fingerprint density at radius 1 is 1.25 bits per heavy atom. The lowest BCUT2D eigenvalue weighted by Crippen LogP contribution is -2.36. The van der Waals surface area contributed by atoms with E-state index in [0.29, 0.717) is 30.7 Å². The van der Waals surface area contributed by atoms with Gasteiger partial charge in [-0.1, -0.05) is 18.1 Å². The summed E-state index contributed by atoms with van der Waals surface area (Å²) in [6.07, 6.45) is 10.9. The number of fused-ring (bicyclic) bond motifs is 1. The summed E-state index contributed by atoms with van der Waals surface area (Å²) in [5.41, 5.74) is 1.33. The monoisotopic (exact) mass is 384 g/mol. The van der Waals surface area contributed by atoms with E-state index in [2.05, 4.69) is 20.6 Å². The topological polar surface area (TPSA) is 89.1 Å². The molecule has 8 nitrogen and oxygen atoms in total. The highest BCUT2D eigenvalue weighted by Crippen LogP contribution is 2.37. The zero-order chi connectivity index (χ0) is 18.9. The van der Waals surface area contributed by atoms with Gasteiger partial charge in [0.05, 0.1) is 12.7 Å². The van der Waals surface area contributed by atoms with E-state index < -0.39 is 0 Å². The Balaban J connectivity index is 1.19. The molecule has 2 aliphatic heterocycles. The molecule has 0 spiro atoms. The summed E-state index contributed by atoms with van der Waals surface area (Å²) < 4.78 is 7.75. The summed E-state index contributed by atoms with van der Waals surface area (Å²) in [7, 11) is 0. The number of hydrogen-bond acceptors (Lipinski definition) is 6. The van der Waals surface area contributed by atoms with Gasteiger partial charge in [-0.15, -0.1) is 5.10 Å². The van der Waals surface area contributed by atoms with Crippen LogP contribution in [-0.4, -0.2) is 49.9 Å². The van der Waals surface area contributed by atoms with Crippen LogP contribution in [0.1, 0.15) is 78.7 Å². The van der Waals surface area contributed by atoms with Crippen molar-refractivity contribution in [3.05, 3.63) is 29.2 Å². The molecule has 1 unspecified atom stereocenters. The molecule has 2 aromatic heterocycles. The Bertz CT molecular complexity index is 834. The van der Waals surface area contributed by atoms with Crippen molar-refractivity contribution >= 4 is 5.91 Å². The minimum Gasteiger partial charge on any atom is -0.445 e. The van der Waals surface area contributed by atoms with E-state index in [-0.39, 0.29) is 5.91 Å². The molecule has 150 valence electrons. The zero-order valence-electron chi connectivity index (χ0n) is 16.3. The normalized spacial score (nSPS) is 22.7. The summed E-state index contributed by atoms with van der Waals surface area (Å²) in [5, 5.41) is 11.8. The van der Waals surface area contributed by atoms with Gasteiger partial charge in [0.25, 0.3) is 5.91 Å². The van der Waals surface area contributed by atoms with Crippen LogP contribution in [-0.2, 0) is 19.5 Å². The van der Waals surface area contributed by atoms with Crippen LogP contribution in [0, 0.1) is 0 Å². The number of aryl methyl sites for hydroxylation is 1. The molecule has 28 heavy (non-hydrogen) atoms. The molecule has 2 fully saturated rings. The van der Waals surface area contributed by atoms with E-state index in [1.165, 1.54) is 38.5 Å². The first-order valence-electron chi connectivity index (χ1n) is 10.7. The Hall–Kier alpha value is -2.22. The minimum atomic E-state index is -0.0686. The third kappa shape index (κ3) is 3.57. The molecule has 8 heteroatoms. The van der Waals surface area contributed by atoms with Gasteiger partial charge in [0.15, 0.2) is 11.6 Å². The number of piperidine rings is 1. The van der Waals surface area contributed by atoms with Gasteiger partial charge in [0.2, 0.25) is 0 Å². The van der Waals surface area contributed by atoms with Gasteiger partial charge in [-0.05, 0) is 38.6 Å². The second-order valence-corrected chi connectivity index (χ2v) is 8.33. The van der Waals surface area contributed by atoms with Crippen molar-refractivity contribution in [3.63, 3.8) is 0 Å². The van der Waals surface area contributed by atoms with Crippen molar-refractivity contribution in [1.29, 1.82) is 0 Å². The maximum Gasteiger partial charge on any atom is 0.276 e. The number of carbonyl (C=O) groups excluding carboxylic acids is 1. The van der Waals surface area contributed by atoms with Gasteiger partial charge < -0.3 is 14.6 Å². The fourth-order valence-corrected chi connectivity index (χ4v) is 4.35. The fraction of sp³-hybridized carbons (Fsp3) is 0.700. The van der Waals surface area contributed by atoms with Crippen LogP contribution < -0.4 is 5.32 Å². The maximum absolute atomic E-state index is 12.9. The Labute approximate surface area is 164 Å². The van der Waals surface area contributed by atoms with Crippen LogP contribution in [0.3, 0.4) is 0 Å². The highest BCUT2D eigenvalue weighted by molar-refractivity contribution is 5.92. The summed E-state index contributed by atoms with van der Waals surface area (Å²) in [4.78, 5) is 19.4. The summed E-state index contributed by atoms with van der Waals surface area (Å²) in [6, 6.07) is 0.551. The molecule has 1 saturated heterocycles. The lowest BCUT2D eigenvalue weighted by Gasteiger charge is -2.24. The lowest BCUT2D eigenvalue weighted by molar-refractivity contribution is 0.0721.